The van der Waals surface area contributed by atoms with Crippen molar-refractivity contribution in [3.05, 3.63) is 15.8 Å². The second-order valence-electron chi connectivity index (χ2n) is 2.91. The Kier molecular flexibility index (Phi) is 3.29. The number of nitro groups is 1. The van der Waals surface area contributed by atoms with Crippen LogP contribution >= 0.6 is 0 Å². The monoisotopic (exact) mass is 208 g/mol. The average Bonchev–Trinajstić information content (AvgIpc) is 2.51. The minimum atomic E-state index is -0.451. The number of aryl methyl sites for hydroxylation is 2. The number of anilines is 1. The van der Waals surface area contributed by atoms with Crippen LogP contribution in [-0.2, 0) is 6.54 Å². The summed E-state index contributed by atoms with van der Waals surface area (Å²) in [5.41, 5.74) is 0.383. The van der Waals surface area contributed by atoms with E-state index in [-0.39, 0.29) is 12.2 Å². The minimum absolute atomic E-state index is 0.00731. The lowest BCUT2D eigenvalue weighted by atomic mass is 10.4. The number of hydrogen-bond acceptors (Lipinski definition) is 4. The Morgan fingerprint density at radius 1 is 1.73 bits per heavy atom. The van der Waals surface area contributed by atoms with Gasteiger partial charge in [-0.25, -0.2) is 4.68 Å². The number of nitrogens with one attached hydrogen (secondary N) is 1. The van der Waals surface area contributed by atoms with Crippen molar-refractivity contribution in [2.75, 3.05) is 11.9 Å². The van der Waals surface area contributed by atoms with E-state index < -0.39 is 4.92 Å². The highest BCUT2D eigenvalue weighted by Crippen LogP contribution is 2.27. The van der Waals surface area contributed by atoms with Crippen molar-refractivity contribution in [3.63, 3.8) is 0 Å². The van der Waals surface area contributed by atoms with Gasteiger partial charge in [0.25, 0.3) is 0 Å². The van der Waals surface area contributed by atoms with Crippen molar-refractivity contribution in [2.24, 2.45) is 0 Å². The van der Waals surface area contributed by atoms with Crippen molar-refractivity contribution in [1.82, 2.24) is 9.78 Å². The van der Waals surface area contributed by atoms with E-state index in [9.17, 15) is 10.1 Å². The van der Waals surface area contributed by atoms with E-state index in [1.54, 1.807) is 6.92 Å². The van der Waals surface area contributed by atoms with Crippen molar-refractivity contribution < 1.29 is 4.92 Å². The molecule has 0 aliphatic heterocycles. The van der Waals surface area contributed by atoms with Crippen LogP contribution in [0.1, 0.15) is 12.6 Å². The van der Waals surface area contributed by atoms with Gasteiger partial charge in [0, 0.05) is 6.54 Å². The highest BCUT2D eigenvalue weighted by Gasteiger charge is 2.23. The van der Waals surface area contributed by atoms with Crippen molar-refractivity contribution in [3.8, 4) is 12.3 Å². The molecule has 0 unspecified atom stereocenters. The zero-order valence-electron chi connectivity index (χ0n) is 8.65. The van der Waals surface area contributed by atoms with E-state index in [0.717, 1.165) is 0 Å². The normalized spacial score (nSPS) is 9.67. The molecule has 0 aliphatic rings. The Morgan fingerprint density at radius 2 is 2.40 bits per heavy atom. The van der Waals surface area contributed by atoms with Gasteiger partial charge in [0.2, 0.25) is 5.82 Å². The lowest BCUT2D eigenvalue weighted by Gasteiger charge is -2.03. The van der Waals surface area contributed by atoms with Gasteiger partial charge in [-0.1, -0.05) is 5.92 Å². The molecule has 0 atom stereocenters. The third kappa shape index (κ3) is 2.07. The molecule has 0 amide bonds. The molecule has 80 valence electrons. The van der Waals surface area contributed by atoms with Crippen LogP contribution in [0.5, 0.6) is 0 Å². The van der Waals surface area contributed by atoms with Gasteiger partial charge in [-0.2, -0.15) is 5.10 Å². The zero-order chi connectivity index (χ0) is 11.4. The van der Waals surface area contributed by atoms with Gasteiger partial charge in [-0.05, 0) is 13.8 Å². The largest absolute Gasteiger partial charge is 0.354 e. The first-order valence-electron chi connectivity index (χ1n) is 4.51. The number of nitrogens with zero attached hydrogens (tertiary/aromatic N) is 3. The maximum atomic E-state index is 10.8. The molecule has 1 N–H and O–H groups in total. The Hall–Kier alpha value is -2.03. The van der Waals surface area contributed by atoms with E-state index >= 15 is 0 Å². The molecule has 1 aromatic heterocycles. The SMILES string of the molecule is C#CCNc1c([N+](=O)[O-])c(C)nn1CC. The zero-order valence-corrected chi connectivity index (χ0v) is 8.65. The van der Waals surface area contributed by atoms with Crippen LogP contribution in [0.15, 0.2) is 0 Å². The first kappa shape index (κ1) is 11.0. The van der Waals surface area contributed by atoms with Gasteiger partial charge in [0.15, 0.2) is 0 Å². The molecule has 0 saturated carbocycles. The minimum Gasteiger partial charge on any atom is -0.354 e. The molecule has 0 saturated heterocycles. The van der Waals surface area contributed by atoms with Crippen LogP contribution < -0.4 is 5.32 Å². The summed E-state index contributed by atoms with van der Waals surface area (Å²) in [6.45, 7) is 4.26. The summed E-state index contributed by atoms with van der Waals surface area (Å²) in [4.78, 5) is 10.3. The standard InChI is InChI=1S/C9H12N4O2/c1-4-6-10-9-8(13(14)15)7(3)11-12(9)5-2/h1,10H,5-6H2,2-3H3. The molecule has 1 heterocycles. The first-order chi connectivity index (χ1) is 7.11. The molecular formula is C9H12N4O2. The second kappa shape index (κ2) is 4.46. The highest BCUT2D eigenvalue weighted by atomic mass is 16.6. The summed E-state index contributed by atoms with van der Waals surface area (Å²) in [5.74, 6) is 2.74. The fraction of sp³-hybridized carbons (Fsp3) is 0.444. The fourth-order valence-corrected chi connectivity index (χ4v) is 1.33. The Labute approximate surface area is 87.4 Å². The van der Waals surface area contributed by atoms with Gasteiger partial charge in [0.05, 0.1) is 11.5 Å². The van der Waals surface area contributed by atoms with E-state index in [0.29, 0.717) is 18.1 Å². The van der Waals surface area contributed by atoms with Crippen molar-refractivity contribution in [1.29, 1.82) is 0 Å². The van der Waals surface area contributed by atoms with Crippen LogP contribution in [0, 0.1) is 29.4 Å². The van der Waals surface area contributed by atoms with Crippen molar-refractivity contribution in [2.45, 2.75) is 20.4 Å². The summed E-state index contributed by atoms with van der Waals surface area (Å²) in [7, 11) is 0. The van der Waals surface area contributed by atoms with E-state index in [4.69, 9.17) is 6.42 Å². The van der Waals surface area contributed by atoms with Crippen LogP contribution in [-0.4, -0.2) is 21.2 Å². The Balaban J connectivity index is 3.18. The van der Waals surface area contributed by atoms with Gasteiger partial charge in [-0.3, -0.25) is 10.1 Å². The molecule has 0 aliphatic carbocycles. The topological polar surface area (TPSA) is 73.0 Å². The van der Waals surface area contributed by atoms with Crippen LogP contribution in [0.3, 0.4) is 0 Å². The van der Waals surface area contributed by atoms with Crippen LogP contribution in [0.4, 0.5) is 11.5 Å². The average molecular weight is 208 g/mol. The number of aromatic nitrogens is 2. The third-order valence-corrected chi connectivity index (χ3v) is 1.94. The molecule has 0 radical (unpaired) electrons. The predicted octanol–water partition coefficient (Wildman–Crippen LogP) is 1.16. The first-order valence-corrected chi connectivity index (χ1v) is 4.51. The lowest BCUT2D eigenvalue weighted by molar-refractivity contribution is -0.384. The van der Waals surface area contributed by atoms with E-state index in [1.165, 1.54) is 4.68 Å². The van der Waals surface area contributed by atoms with Gasteiger partial charge in [-0.15, -0.1) is 6.42 Å². The summed E-state index contributed by atoms with van der Waals surface area (Å²) in [6, 6.07) is 0. The van der Waals surface area contributed by atoms with Gasteiger partial charge in [0.1, 0.15) is 5.69 Å². The molecule has 1 rings (SSSR count). The Bertz CT molecular complexity index is 416. The molecule has 0 fully saturated rings. The van der Waals surface area contributed by atoms with Crippen LogP contribution in [0.2, 0.25) is 0 Å². The highest BCUT2D eigenvalue weighted by molar-refractivity contribution is 5.59. The summed E-state index contributed by atoms with van der Waals surface area (Å²) < 4.78 is 1.53. The van der Waals surface area contributed by atoms with Gasteiger partial charge < -0.3 is 5.32 Å². The molecule has 15 heavy (non-hydrogen) atoms. The van der Waals surface area contributed by atoms with E-state index in [1.807, 2.05) is 6.92 Å². The molecule has 1 aromatic rings. The molecular weight excluding hydrogens is 196 g/mol. The van der Waals surface area contributed by atoms with E-state index in [2.05, 4.69) is 16.3 Å². The smallest absolute Gasteiger partial charge is 0.333 e. The lowest BCUT2D eigenvalue weighted by Crippen LogP contribution is -2.08. The summed E-state index contributed by atoms with van der Waals surface area (Å²) in [6.07, 6.45) is 5.09. The van der Waals surface area contributed by atoms with Gasteiger partial charge >= 0.3 is 5.69 Å². The third-order valence-electron chi connectivity index (χ3n) is 1.94. The number of terminal acetylenes is 1. The number of rotatable bonds is 4. The number of hydrogen-bond donors (Lipinski definition) is 1. The van der Waals surface area contributed by atoms with Crippen molar-refractivity contribution >= 4 is 11.5 Å². The molecule has 6 heteroatoms. The van der Waals surface area contributed by atoms with Crippen LogP contribution in [0.25, 0.3) is 0 Å². The summed E-state index contributed by atoms with van der Waals surface area (Å²) in [5, 5.41) is 17.7. The predicted molar refractivity (Wildman–Crippen MR) is 56.6 cm³/mol. The second-order valence-corrected chi connectivity index (χ2v) is 2.91. The quantitative estimate of drug-likeness (QED) is 0.458. The maximum Gasteiger partial charge on any atom is 0.333 e. The maximum absolute atomic E-state index is 10.8. The molecule has 0 bridgehead atoms. The Morgan fingerprint density at radius 3 is 2.87 bits per heavy atom. The fourth-order valence-electron chi connectivity index (χ4n) is 1.33. The molecule has 6 nitrogen and oxygen atoms in total. The molecule has 0 spiro atoms. The summed E-state index contributed by atoms with van der Waals surface area (Å²) >= 11 is 0. The molecule has 0 aromatic carbocycles.